The van der Waals surface area contributed by atoms with Crippen molar-refractivity contribution in [2.45, 2.75) is 38.6 Å². The van der Waals surface area contributed by atoms with Gasteiger partial charge in [-0.15, -0.1) is 0 Å². The number of nitrogens with one attached hydrogen (secondary N) is 2. The summed E-state index contributed by atoms with van der Waals surface area (Å²) in [6, 6.07) is 16.7. The lowest BCUT2D eigenvalue weighted by molar-refractivity contribution is 0.0971. The van der Waals surface area contributed by atoms with Crippen LogP contribution in [0, 0.1) is 5.82 Å². The molecule has 1 unspecified atom stereocenters. The SMILES string of the molecule is O=c1c(CNCc2cc3ccccc3[nH]2)cc2ccc(F)cc2n1CC1CCCO1. The highest BCUT2D eigenvalue weighted by Gasteiger charge is 2.19. The third-order valence-electron chi connectivity index (χ3n) is 5.76. The summed E-state index contributed by atoms with van der Waals surface area (Å²) in [6.45, 7) is 2.24. The van der Waals surface area contributed by atoms with Crippen LogP contribution in [0.3, 0.4) is 0 Å². The third-order valence-corrected chi connectivity index (χ3v) is 5.76. The molecule has 0 bridgehead atoms. The highest BCUT2D eigenvalue weighted by Crippen LogP contribution is 2.20. The maximum absolute atomic E-state index is 13.9. The van der Waals surface area contributed by atoms with E-state index in [1.165, 1.54) is 17.5 Å². The maximum atomic E-state index is 13.9. The molecule has 0 radical (unpaired) electrons. The summed E-state index contributed by atoms with van der Waals surface area (Å²) < 4.78 is 21.3. The minimum absolute atomic E-state index is 0.00345. The van der Waals surface area contributed by atoms with Gasteiger partial charge in [0.25, 0.3) is 5.56 Å². The number of pyridine rings is 1. The standard InChI is InChI=1S/C24H24FN3O2/c25-19-8-7-17-10-18(13-26-14-20-11-16-4-1-2-6-22(16)27-20)24(29)28(23(17)12-19)15-21-5-3-9-30-21/h1-2,4,6-8,10-12,21,26-27H,3,5,9,13-15H2. The second kappa shape index (κ2) is 8.05. The summed E-state index contributed by atoms with van der Waals surface area (Å²) in [5, 5.41) is 5.39. The van der Waals surface area contributed by atoms with Gasteiger partial charge < -0.3 is 19.6 Å². The van der Waals surface area contributed by atoms with Crippen molar-refractivity contribution in [3.05, 3.63) is 82.0 Å². The zero-order valence-corrected chi connectivity index (χ0v) is 16.7. The Hall–Kier alpha value is -2.96. The van der Waals surface area contributed by atoms with Crippen LogP contribution >= 0.6 is 0 Å². The largest absolute Gasteiger partial charge is 0.376 e. The van der Waals surface area contributed by atoms with Crippen LogP contribution in [0.25, 0.3) is 21.8 Å². The summed E-state index contributed by atoms with van der Waals surface area (Å²) in [4.78, 5) is 16.6. The number of aromatic amines is 1. The molecule has 3 heterocycles. The Morgan fingerprint density at radius 3 is 2.83 bits per heavy atom. The van der Waals surface area contributed by atoms with Gasteiger partial charge in [0, 0.05) is 36.5 Å². The molecule has 0 amide bonds. The van der Waals surface area contributed by atoms with Crippen LogP contribution in [0.5, 0.6) is 0 Å². The Labute approximate surface area is 173 Å². The van der Waals surface area contributed by atoms with Gasteiger partial charge in [-0.2, -0.15) is 0 Å². The summed E-state index contributed by atoms with van der Waals surface area (Å²) in [7, 11) is 0. The number of hydrogen-bond donors (Lipinski definition) is 2. The van der Waals surface area contributed by atoms with Crippen LogP contribution in [0.4, 0.5) is 4.39 Å². The normalized spacial score (nSPS) is 16.6. The molecule has 5 rings (SSSR count). The molecule has 0 spiro atoms. The number of rotatable bonds is 6. The van der Waals surface area contributed by atoms with Crippen molar-refractivity contribution in [3.63, 3.8) is 0 Å². The number of nitrogens with zero attached hydrogens (tertiary/aromatic N) is 1. The molecule has 2 aromatic heterocycles. The van der Waals surface area contributed by atoms with Crippen LogP contribution in [0.1, 0.15) is 24.1 Å². The van der Waals surface area contributed by atoms with Gasteiger partial charge in [0.2, 0.25) is 0 Å². The van der Waals surface area contributed by atoms with Crippen molar-refractivity contribution in [2.75, 3.05) is 6.61 Å². The molecule has 1 fully saturated rings. The Morgan fingerprint density at radius 2 is 2.00 bits per heavy atom. The predicted octanol–water partition coefficient (Wildman–Crippen LogP) is 4.09. The van der Waals surface area contributed by atoms with E-state index in [0.29, 0.717) is 30.7 Å². The van der Waals surface area contributed by atoms with Gasteiger partial charge in [0.05, 0.1) is 18.2 Å². The number of halogens is 1. The zero-order chi connectivity index (χ0) is 20.5. The van der Waals surface area contributed by atoms with Gasteiger partial charge in [-0.1, -0.05) is 18.2 Å². The van der Waals surface area contributed by atoms with E-state index >= 15 is 0 Å². The van der Waals surface area contributed by atoms with Crippen molar-refractivity contribution in [1.29, 1.82) is 0 Å². The second-order valence-corrected chi connectivity index (χ2v) is 7.91. The number of benzene rings is 2. The quantitative estimate of drug-likeness (QED) is 0.508. The molecule has 2 N–H and O–H groups in total. The number of H-pyrrole nitrogens is 1. The molecule has 6 heteroatoms. The number of hydrogen-bond acceptors (Lipinski definition) is 3. The molecule has 1 saturated heterocycles. The average molecular weight is 405 g/mol. The van der Waals surface area contributed by atoms with Gasteiger partial charge in [0.1, 0.15) is 5.82 Å². The first-order valence-electron chi connectivity index (χ1n) is 10.4. The molecular formula is C24H24FN3O2. The van der Waals surface area contributed by atoms with E-state index in [4.69, 9.17) is 4.74 Å². The molecule has 1 atom stereocenters. The molecule has 0 aliphatic carbocycles. The van der Waals surface area contributed by atoms with Crippen LogP contribution < -0.4 is 10.9 Å². The number of para-hydroxylation sites is 1. The lowest BCUT2D eigenvalue weighted by Crippen LogP contribution is -2.31. The van der Waals surface area contributed by atoms with Gasteiger partial charge >= 0.3 is 0 Å². The Bertz CT molecular complexity index is 1220. The van der Waals surface area contributed by atoms with Gasteiger partial charge in [-0.25, -0.2) is 4.39 Å². The smallest absolute Gasteiger partial charge is 0.255 e. The Morgan fingerprint density at radius 1 is 1.10 bits per heavy atom. The first-order valence-corrected chi connectivity index (χ1v) is 10.4. The fourth-order valence-electron chi connectivity index (χ4n) is 4.27. The first kappa shape index (κ1) is 19.0. The van der Waals surface area contributed by atoms with Gasteiger partial charge in [-0.05, 0) is 60.0 Å². The molecule has 0 saturated carbocycles. The molecular weight excluding hydrogens is 381 g/mol. The minimum atomic E-state index is -0.340. The molecule has 30 heavy (non-hydrogen) atoms. The van der Waals surface area contributed by atoms with E-state index in [0.717, 1.165) is 36.0 Å². The van der Waals surface area contributed by atoms with Crippen molar-refractivity contribution in [3.8, 4) is 0 Å². The molecule has 1 aliphatic rings. The van der Waals surface area contributed by atoms with E-state index in [9.17, 15) is 9.18 Å². The molecule has 5 nitrogen and oxygen atoms in total. The average Bonchev–Trinajstić information content (AvgIpc) is 3.40. The predicted molar refractivity (Wildman–Crippen MR) is 116 cm³/mol. The number of fused-ring (bicyclic) bond motifs is 2. The lowest BCUT2D eigenvalue weighted by atomic mass is 10.1. The lowest BCUT2D eigenvalue weighted by Gasteiger charge is -2.17. The monoisotopic (exact) mass is 405 g/mol. The Kier molecular flexibility index (Phi) is 5.11. The zero-order valence-electron chi connectivity index (χ0n) is 16.7. The van der Waals surface area contributed by atoms with Gasteiger partial charge in [-0.3, -0.25) is 4.79 Å². The topological polar surface area (TPSA) is 59.0 Å². The summed E-state index contributed by atoms with van der Waals surface area (Å²) >= 11 is 0. The highest BCUT2D eigenvalue weighted by atomic mass is 19.1. The summed E-state index contributed by atoms with van der Waals surface area (Å²) in [5.41, 5.74) is 3.37. The van der Waals surface area contributed by atoms with Crippen molar-refractivity contribution >= 4 is 21.8 Å². The molecule has 1 aliphatic heterocycles. The van der Waals surface area contributed by atoms with E-state index in [2.05, 4.69) is 22.4 Å². The van der Waals surface area contributed by atoms with E-state index < -0.39 is 0 Å². The number of ether oxygens (including phenoxy) is 1. The fraction of sp³-hybridized carbons (Fsp3) is 0.292. The first-order chi connectivity index (χ1) is 14.7. The van der Waals surface area contributed by atoms with Crippen molar-refractivity contribution < 1.29 is 9.13 Å². The second-order valence-electron chi connectivity index (χ2n) is 7.91. The maximum Gasteiger partial charge on any atom is 0.255 e. The summed E-state index contributed by atoms with van der Waals surface area (Å²) in [5.74, 6) is -0.340. The molecule has 154 valence electrons. The van der Waals surface area contributed by atoms with Crippen molar-refractivity contribution in [2.24, 2.45) is 0 Å². The van der Waals surface area contributed by atoms with Gasteiger partial charge in [0.15, 0.2) is 0 Å². The summed E-state index contributed by atoms with van der Waals surface area (Å²) in [6.07, 6.45) is 1.92. The molecule has 2 aromatic carbocycles. The minimum Gasteiger partial charge on any atom is -0.376 e. The van der Waals surface area contributed by atoms with Crippen LogP contribution in [0.2, 0.25) is 0 Å². The van der Waals surface area contributed by atoms with E-state index in [-0.39, 0.29) is 17.5 Å². The van der Waals surface area contributed by atoms with Crippen LogP contribution in [-0.2, 0) is 24.4 Å². The third kappa shape index (κ3) is 3.76. The van der Waals surface area contributed by atoms with Crippen LogP contribution in [0.15, 0.2) is 59.4 Å². The van der Waals surface area contributed by atoms with Crippen molar-refractivity contribution in [1.82, 2.24) is 14.9 Å². The van der Waals surface area contributed by atoms with E-state index in [1.54, 1.807) is 10.6 Å². The fourth-order valence-corrected chi connectivity index (χ4v) is 4.27. The molecule has 4 aromatic rings. The Balaban J connectivity index is 1.41. The number of aromatic nitrogens is 2. The van der Waals surface area contributed by atoms with Crippen LogP contribution in [-0.4, -0.2) is 22.3 Å². The highest BCUT2D eigenvalue weighted by molar-refractivity contribution is 5.80. The van der Waals surface area contributed by atoms with E-state index in [1.807, 2.05) is 24.3 Å².